The van der Waals surface area contributed by atoms with Gasteiger partial charge in [0.2, 0.25) is 0 Å². The summed E-state index contributed by atoms with van der Waals surface area (Å²) in [4.78, 5) is 2.49. The molecular formula is C18H30N2. The lowest BCUT2D eigenvalue weighted by Crippen LogP contribution is -2.45. The van der Waals surface area contributed by atoms with Crippen LogP contribution in [0.2, 0.25) is 0 Å². The SMILES string of the molecule is CC1CCC(C(CN)N(C)CCc2ccccc2)CC1. The molecule has 0 saturated heterocycles. The van der Waals surface area contributed by atoms with Crippen LogP contribution in [0.25, 0.3) is 0 Å². The predicted molar refractivity (Wildman–Crippen MR) is 86.7 cm³/mol. The molecule has 1 fully saturated rings. The van der Waals surface area contributed by atoms with Crippen LogP contribution in [0, 0.1) is 11.8 Å². The van der Waals surface area contributed by atoms with E-state index in [-0.39, 0.29) is 0 Å². The Kier molecular flexibility index (Phi) is 6.06. The monoisotopic (exact) mass is 274 g/mol. The zero-order chi connectivity index (χ0) is 14.4. The Morgan fingerprint density at radius 3 is 2.40 bits per heavy atom. The summed E-state index contributed by atoms with van der Waals surface area (Å²) < 4.78 is 0. The molecule has 0 bridgehead atoms. The van der Waals surface area contributed by atoms with Crippen molar-refractivity contribution in [3.8, 4) is 0 Å². The molecule has 2 nitrogen and oxygen atoms in total. The normalized spacial score (nSPS) is 24.8. The Morgan fingerprint density at radius 2 is 1.80 bits per heavy atom. The van der Waals surface area contributed by atoms with E-state index in [2.05, 4.69) is 49.2 Å². The molecule has 2 heteroatoms. The standard InChI is InChI=1S/C18H30N2/c1-15-8-10-17(11-9-15)18(14-19)20(2)13-12-16-6-4-3-5-7-16/h3-7,15,17-18H,8-14,19H2,1-2H3. The van der Waals surface area contributed by atoms with Gasteiger partial charge in [-0.1, -0.05) is 50.1 Å². The number of likely N-dealkylation sites (N-methyl/N-ethyl adjacent to an activating group) is 1. The highest BCUT2D eigenvalue weighted by Gasteiger charge is 2.27. The van der Waals surface area contributed by atoms with Crippen LogP contribution in [0.5, 0.6) is 0 Å². The van der Waals surface area contributed by atoms with Gasteiger partial charge in [0.25, 0.3) is 0 Å². The van der Waals surface area contributed by atoms with Gasteiger partial charge < -0.3 is 10.6 Å². The summed E-state index contributed by atoms with van der Waals surface area (Å²) in [6, 6.07) is 11.3. The lowest BCUT2D eigenvalue weighted by atomic mass is 9.79. The third kappa shape index (κ3) is 4.32. The Morgan fingerprint density at radius 1 is 1.15 bits per heavy atom. The van der Waals surface area contributed by atoms with Crippen molar-refractivity contribution in [1.29, 1.82) is 0 Å². The van der Waals surface area contributed by atoms with Crippen molar-refractivity contribution >= 4 is 0 Å². The molecule has 0 radical (unpaired) electrons. The quantitative estimate of drug-likeness (QED) is 0.862. The summed E-state index contributed by atoms with van der Waals surface area (Å²) in [5, 5.41) is 0. The Balaban J connectivity index is 1.84. The lowest BCUT2D eigenvalue weighted by Gasteiger charge is -2.37. The minimum atomic E-state index is 0.561. The summed E-state index contributed by atoms with van der Waals surface area (Å²) >= 11 is 0. The van der Waals surface area contributed by atoms with E-state index in [0.29, 0.717) is 6.04 Å². The lowest BCUT2D eigenvalue weighted by molar-refractivity contribution is 0.136. The van der Waals surface area contributed by atoms with Crippen LogP contribution in [0.3, 0.4) is 0 Å². The van der Waals surface area contributed by atoms with Gasteiger partial charge in [-0.15, -0.1) is 0 Å². The highest BCUT2D eigenvalue weighted by molar-refractivity contribution is 5.14. The van der Waals surface area contributed by atoms with E-state index in [1.54, 1.807) is 0 Å². The number of benzene rings is 1. The van der Waals surface area contributed by atoms with Gasteiger partial charge >= 0.3 is 0 Å². The first-order valence-electron chi connectivity index (χ1n) is 8.15. The first kappa shape index (κ1) is 15.5. The Hall–Kier alpha value is -0.860. The van der Waals surface area contributed by atoms with Gasteiger partial charge in [-0.3, -0.25) is 0 Å². The third-order valence-corrected chi connectivity index (χ3v) is 5.01. The van der Waals surface area contributed by atoms with Gasteiger partial charge in [-0.2, -0.15) is 0 Å². The van der Waals surface area contributed by atoms with E-state index in [4.69, 9.17) is 5.73 Å². The van der Waals surface area contributed by atoms with E-state index in [1.807, 2.05) is 0 Å². The number of nitrogens with zero attached hydrogens (tertiary/aromatic N) is 1. The molecule has 0 heterocycles. The molecule has 0 aromatic heterocycles. The largest absolute Gasteiger partial charge is 0.329 e. The smallest absolute Gasteiger partial charge is 0.0243 e. The van der Waals surface area contributed by atoms with Crippen molar-refractivity contribution in [2.24, 2.45) is 17.6 Å². The minimum absolute atomic E-state index is 0.561. The number of hydrogen-bond donors (Lipinski definition) is 1. The minimum Gasteiger partial charge on any atom is -0.329 e. The van der Waals surface area contributed by atoms with E-state index in [9.17, 15) is 0 Å². The molecule has 1 atom stereocenters. The zero-order valence-corrected chi connectivity index (χ0v) is 13.1. The highest BCUT2D eigenvalue weighted by Crippen LogP contribution is 2.31. The average Bonchev–Trinajstić information content (AvgIpc) is 2.49. The molecule has 1 aromatic carbocycles. The number of rotatable bonds is 6. The van der Waals surface area contributed by atoms with Gasteiger partial charge in [0.05, 0.1) is 0 Å². The van der Waals surface area contributed by atoms with Gasteiger partial charge in [0.15, 0.2) is 0 Å². The fourth-order valence-electron chi connectivity index (χ4n) is 3.52. The van der Waals surface area contributed by atoms with Crippen LogP contribution < -0.4 is 5.73 Å². The third-order valence-electron chi connectivity index (χ3n) is 5.01. The van der Waals surface area contributed by atoms with Crippen LogP contribution in [-0.2, 0) is 6.42 Å². The summed E-state index contributed by atoms with van der Waals surface area (Å²) in [6.45, 7) is 4.29. The maximum Gasteiger partial charge on any atom is 0.0243 e. The molecule has 1 aromatic rings. The van der Waals surface area contributed by atoms with Crippen molar-refractivity contribution in [3.05, 3.63) is 35.9 Å². The highest BCUT2D eigenvalue weighted by atomic mass is 15.1. The number of nitrogens with two attached hydrogens (primary N) is 1. The van der Waals surface area contributed by atoms with E-state index >= 15 is 0 Å². The summed E-state index contributed by atoms with van der Waals surface area (Å²) in [7, 11) is 2.25. The predicted octanol–water partition coefficient (Wildman–Crippen LogP) is 3.31. The van der Waals surface area contributed by atoms with Crippen molar-refractivity contribution in [1.82, 2.24) is 4.90 Å². The molecule has 1 aliphatic rings. The zero-order valence-electron chi connectivity index (χ0n) is 13.1. The second kappa shape index (κ2) is 7.80. The van der Waals surface area contributed by atoms with Gasteiger partial charge in [-0.25, -0.2) is 0 Å². The molecule has 1 saturated carbocycles. The van der Waals surface area contributed by atoms with Crippen molar-refractivity contribution in [2.75, 3.05) is 20.1 Å². The molecule has 1 aliphatic carbocycles. The second-order valence-corrected chi connectivity index (χ2v) is 6.54. The maximum absolute atomic E-state index is 6.07. The Labute approximate surface area is 124 Å². The van der Waals surface area contributed by atoms with Crippen LogP contribution >= 0.6 is 0 Å². The van der Waals surface area contributed by atoms with Crippen LogP contribution in [0.4, 0.5) is 0 Å². The molecule has 0 amide bonds. The molecule has 112 valence electrons. The van der Waals surface area contributed by atoms with Crippen molar-refractivity contribution < 1.29 is 0 Å². The molecule has 0 spiro atoms. The molecular weight excluding hydrogens is 244 g/mol. The van der Waals surface area contributed by atoms with Gasteiger partial charge in [-0.05, 0) is 43.7 Å². The van der Waals surface area contributed by atoms with E-state index < -0.39 is 0 Å². The van der Waals surface area contributed by atoms with Crippen LogP contribution in [0.15, 0.2) is 30.3 Å². The van der Waals surface area contributed by atoms with Crippen molar-refractivity contribution in [3.63, 3.8) is 0 Å². The number of hydrogen-bond acceptors (Lipinski definition) is 2. The van der Waals surface area contributed by atoms with Crippen LogP contribution in [-0.4, -0.2) is 31.1 Å². The molecule has 20 heavy (non-hydrogen) atoms. The van der Waals surface area contributed by atoms with Gasteiger partial charge in [0.1, 0.15) is 0 Å². The topological polar surface area (TPSA) is 29.3 Å². The first-order chi connectivity index (χ1) is 9.70. The fraction of sp³-hybridized carbons (Fsp3) is 0.667. The summed E-state index contributed by atoms with van der Waals surface area (Å²) in [5.74, 6) is 1.72. The first-order valence-corrected chi connectivity index (χ1v) is 8.15. The molecule has 1 unspecified atom stereocenters. The average molecular weight is 274 g/mol. The van der Waals surface area contributed by atoms with Gasteiger partial charge in [0, 0.05) is 19.1 Å². The maximum atomic E-state index is 6.07. The summed E-state index contributed by atoms with van der Waals surface area (Å²) in [6.07, 6.45) is 6.61. The van der Waals surface area contributed by atoms with Crippen LogP contribution in [0.1, 0.15) is 38.2 Å². The second-order valence-electron chi connectivity index (χ2n) is 6.54. The summed E-state index contributed by atoms with van der Waals surface area (Å²) in [5.41, 5.74) is 7.49. The molecule has 0 aliphatic heterocycles. The van der Waals surface area contributed by atoms with E-state index in [0.717, 1.165) is 31.3 Å². The van der Waals surface area contributed by atoms with E-state index in [1.165, 1.54) is 31.2 Å². The fourth-order valence-corrected chi connectivity index (χ4v) is 3.52. The Bertz CT molecular complexity index is 368. The molecule has 2 N–H and O–H groups in total. The van der Waals surface area contributed by atoms with Crippen molar-refractivity contribution in [2.45, 2.75) is 45.1 Å². The molecule has 2 rings (SSSR count).